The third kappa shape index (κ3) is 3.22. The SMILES string of the molecule is CCOCc1cc(C=O)ccc1B1CC(C)(C)C(C)(C)O1. The molecule has 0 N–H and O–H groups in total. The predicted octanol–water partition coefficient (Wildman–Crippen LogP) is 3.07. The number of ether oxygens (including phenoxy) is 1. The maximum Gasteiger partial charge on any atom is 0.328 e. The number of rotatable bonds is 5. The molecule has 0 unspecified atom stereocenters. The molecule has 1 fully saturated rings. The Kier molecular flexibility index (Phi) is 4.59. The van der Waals surface area contributed by atoms with E-state index in [2.05, 4.69) is 27.7 Å². The Labute approximate surface area is 128 Å². The summed E-state index contributed by atoms with van der Waals surface area (Å²) in [5, 5.41) is 0. The molecule has 21 heavy (non-hydrogen) atoms. The highest BCUT2D eigenvalue weighted by molar-refractivity contribution is 6.68. The monoisotopic (exact) mass is 288 g/mol. The van der Waals surface area contributed by atoms with Gasteiger partial charge in [-0.05, 0) is 49.6 Å². The van der Waals surface area contributed by atoms with Gasteiger partial charge in [-0.2, -0.15) is 0 Å². The summed E-state index contributed by atoms with van der Waals surface area (Å²) in [4.78, 5) is 11.0. The standard InChI is InChI=1S/C17H25BO3/c1-6-20-11-14-9-13(10-19)7-8-15(14)18-12-16(2,3)17(4,5)21-18/h7-10H,6,11-12H2,1-5H3. The first kappa shape index (κ1) is 16.2. The van der Waals surface area contributed by atoms with Crippen LogP contribution in [0.5, 0.6) is 0 Å². The minimum absolute atomic E-state index is 0.0613. The first-order valence-electron chi connectivity index (χ1n) is 7.64. The molecule has 0 aliphatic carbocycles. The van der Waals surface area contributed by atoms with Crippen LogP contribution in [0.4, 0.5) is 0 Å². The normalized spacial score (nSPS) is 19.8. The van der Waals surface area contributed by atoms with E-state index in [1.54, 1.807) is 0 Å². The molecule has 0 spiro atoms. The van der Waals surface area contributed by atoms with Crippen LogP contribution in [0.15, 0.2) is 18.2 Å². The van der Waals surface area contributed by atoms with Crippen molar-refractivity contribution >= 4 is 18.7 Å². The fourth-order valence-corrected chi connectivity index (χ4v) is 2.79. The van der Waals surface area contributed by atoms with Crippen LogP contribution >= 0.6 is 0 Å². The molecule has 0 amide bonds. The minimum atomic E-state index is -0.163. The summed E-state index contributed by atoms with van der Waals surface area (Å²) in [6.45, 7) is 12.0. The van der Waals surface area contributed by atoms with Crippen molar-refractivity contribution in [2.75, 3.05) is 6.61 Å². The summed E-state index contributed by atoms with van der Waals surface area (Å²) >= 11 is 0. The average molecular weight is 288 g/mol. The van der Waals surface area contributed by atoms with Crippen LogP contribution in [0.25, 0.3) is 0 Å². The van der Waals surface area contributed by atoms with Crippen molar-refractivity contribution in [1.29, 1.82) is 0 Å². The van der Waals surface area contributed by atoms with Gasteiger partial charge in [0, 0.05) is 12.2 Å². The molecule has 1 aromatic rings. The molecule has 0 aromatic heterocycles. The van der Waals surface area contributed by atoms with E-state index in [-0.39, 0.29) is 17.9 Å². The highest BCUT2D eigenvalue weighted by atomic mass is 16.5. The van der Waals surface area contributed by atoms with Crippen LogP contribution in [-0.2, 0) is 16.0 Å². The number of benzene rings is 1. The van der Waals surface area contributed by atoms with Crippen LogP contribution in [0.1, 0.15) is 50.5 Å². The zero-order valence-electron chi connectivity index (χ0n) is 13.7. The molecular weight excluding hydrogens is 263 g/mol. The summed E-state index contributed by atoms with van der Waals surface area (Å²) in [7, 11) is 0. The molecule has 1 heterocycles. The Morgan fingerprint density at radius 1 is 1.33 bits per heavy atom. The van der Waals surface area contributed by atoms with Gasteiger partial charge >= 0.3 is 6.92 Å². The smallest absolute Gasteiger partial charge is 0.328 e. The van der Waals surface area contributed by atoms with E-state index in [9.17, 15) is 4.79 Å². The Balaban J connectivity index is 2.33. The fourth-order valence-electron chi connectivity index (χ4n) is 2.79. The van der Waals surface area contributed by atoms with Crippen LogP contribution in [0.3, 0.4) is 0 Å². The third-order valence-corrected chi connectivity index (χ3v) is 4.87. The first-order chi connectivity index (χ1) is 9.80. The quantitative estimate of drug-likeness (QED) is 0.617. The van der Waals surface area contributed by atoms with Gasteiger partial charge in [-0.25, -0.2) is 0 Å². The molecule has 0 atom stereocenters. The Hall–Kier alpha value is -1.13. The molecule has 0 radical (unpaired) electrons. The number of aldehydes is 1. The molecule has 1 aliphatic rings. The van der Waals surface area contributed by atoms with Gasteiger partial charge in [0.2, 0.25) is 0 Å². The lowest BCUT2D eigenvalue weighted by molar-refractivity contribution is 0.0375. The van der Waals surface area contributed by atoms with Crippen molar-refractivity contribution in [2.24, 2.45) is 5.41 Å². The van der Waals surface area contributed by atoms with Gasteiger partial charge in [-0.3, -0.25) is 4.79 Å². The molecule has 0 saturated carbocycles. The van der Waals surface area contributed by atoms with E-state index in [1.807, 2.05) is 25.1 Å². The van der Waals surface area contributed by atoms with Crippen LogP contribution in [0.2, 0.25) is 6.32 Å². The molecule has 2 rings (SSSR count). The van der Waals surface area contributed by atoms with Gasteiger partial charge in [0.25, 0.3) is 0 Å². The zero-order chi connectivity index (χ0) is 15.7. The van der Waals surface area contributed by atoms with Gasteiger partial charge in [-0.15, -0.1) is 0 Å². The van der Waals surface area contributed by atoms with Crippen molar-refractivity contribution in [3.05, 3.63) is 29.3 Å². The van der Waals surface area contributed by atoms with E-state index in [1.165, 1.54) is 0 Å². The van der Waals surface area contributed by atoms with Crippen molar-refractivity contribution in [2.45, 2.75) is 53.1 Å². The van der Waals surface area contributed by atoms with Crippen LogP contribution < -0.4 is 5.46 Å². The molecule has 3 nitrogen and oxygen atoms in total. The van der Waals surface area contributed by atoms with Gasteiger partial charge in [0.1, 0.15) is 6.29 Å². The van der Waals surface area contributed by atoms with Crippen molar-refractivity contribution in [3.8, 4) is 0 Å². The summed E-state index contributed by atoms with van der Waals surface area (Å²) < 4.78 is 11.9. The van der Waals surface area contributed by atoms with E-state index in [0.29, 0.717) is 18.8 Å². The highest BCUT2D eigenvalue weighted by Gasteiger charge is 2.50. The van der Waals surface area contributed by atoms with Crippen LogP contribution in [0, 0.1) is 5.41 Å². The number of carbonyl (C=O) groups is 1. The van der Waals surface area contributed by atoms with Gasteiger partial charge in [-0.1, -0.05) is 26.0 Å². The zero-order valence-corrected chi connectivity index (χ0v) is 13.7. The Morgan fingerprint density at radius 3 is 2.57 bits per heavy atom. The van der Waals surface area contributed by atoms with Gasteiger partial charge in [0.05, 0.1) is 12.2 Å². The number of hydrogen-bond acceptors (Lipinski definition) is 3. The second kappa shape index (κ2) is 5.94. The largest absolute Gasteiger partial charge is 0.426 e. The van der Waals surface area contributed by atoms with Crippen molar-refractivity contribution < 1.29 is 14.2 Å². The summed E-state index contributed by atoms with van der Waals surface area (Å²) in [6, 6.07) is 5.79. The topological polar surface area (TPSA) is 35.5 Å². The fraction of sp³-hybridized carbons (Fsp3) is 0.588. The lowest BCUT2D eigenvalue weighted by Crippen LogP contribution is -2.37. The van der Waals surface area contributed by atoms with Gasteiger partial charge < -0.3 is 9.39 Å². The summed E-state index contributed by atoms with van der Waals surface area (Å²) in [5.74, 6) is 0. The highest BCUT2D eigenvalue weighted by Crippen LogP contribution is 2.45. The lowest BCUT2D eigenvalue weighted by Gasteiger charge is -2.34. The third-order valence-electron chi connectivity index (χ3n) is 4.87. The van der Waals surface area contributed by atoms with Crippen molar-refractivity contribution in [1.82, 2.24) is 0 Å². The van der Waals surface area contributed by atoms with E-state index >= 15 is 0 Å². The molecule has 4 heteroatoms. The molecule has 1 aliphatic heterocycles. The number of carbonyl (C=O) groups excluding carboxylic acids is 1. The number of hydrogen-bond donors (Lipinski definition) is 0. The Bertz CT molecular complexity index is 507. The molecule has 1 saturated heterocycles. The Morgan fingerprint density at radius 2 is 2.05 bits per heavy atom. The molecular formula is C17H25BO3. The van der Waals surface area contributed by atoms with Crippen molar-refractivity contribution in [3.63, 3.8) is 0 Å². The maximum atomic E-state index is 11.0. The minimum Gasteiger partial charge on any atom is -0.426 e. The second-order valence-electron chi connectivity index (χ2n) is 6.92. The molecule has 1 aromatic carbocycles. The second-order valence-corrected chi connectivity index (χ2v) is 6.92. The summed E-state index contributed by atoms with van der Waals surface area (Å²) in [5.41, 5.74) is 2.84. The summed E-state index contributed by atoms with van der Waals surface area (Å²) in [6.07, 6.45) is 1.85. The molecule has 114 valence electrons. The first-order valence-corrected chi connectivity index (χ1v) is 7.64. The van der Waals surface area contributed by atoms with E-state index < -0.39 is 0 Å². The van der Waals surface area contributed by atoms with Crippen LogP contribution in [-0.4, -0.2) is 25.4 Å². The maximum absolute atomic E-state index is 11.0. The van der Waals surface area contributed by atoms with E-state index in [0.717, 1.165) is 23.6 Å². The average Bonchev–Trinajstić information content (AvgIpc) is 2.64. The molecule has 0 bridgehead atoms. The lowest BCUT2D eigenvalue weighted by atomic mass is 9.53. The predicted molar refractivity (Wildman–Crippen MR) is 86.3 cm³/mol. The van der Waals surface area contributed by atoms with Gasteiger partial charge in [0.15, 0.2) is 0 Å². The van der Waals surface area contributed by atoms with E-state index in [4.69, 9.17) is 9.39 Å².